The number of pyridine rings is 1. The summed E-state index contributed by atoms with van der Waals surface area (Å²) in [6, 6.07) is 10.8. The van der Waals surface area contributed by atoms with E-state index in [9.17, 15) is 0 Å². The minimum atomic E-state index is 0.460. The first-order chi connectivity index (χ1) is 12.8. The highest BCUT2D eigenvalue weighted by Gasteiger charge is 2.52. The Hall–Kier alpha value is -2.47. The lowest BCUT2D eigenvalue weighted by Gasteiger charge is -2.19. The molecule has 3 aromatic heterocycles. The molecular weight excluding hydrogens is 324 g/mol. The maximum absolute atomic E-state index is 4.87. The van der Waals surface area contributed by atoms with E-state index in [1.54, 1.807) is 0 Å². The van der Waals surface area contributed by atoms with Gasteiger partial charge in [0.15, 0.2) is 5.65 Å². The summed E-state index contributed by atoms with van der Waals surface area (Å²) in [6.07, 6.45) is 7.01. The second-order valence-electron chi connectivity index (χ2n) is 8.04. The Balaban J connectivity index is 1.35. The number of nitrogens with one attached hydrogen (secondary N) is 2. The Labute approximate surface area is 152 Å². The number of anilines is 1. The first-order valence-corrected chi connectivity index (χ1v) is 9.60. The number of imidazole rings is 1. The van der Waals surface area contributed by atoms with E-state index in [0.29, 0.717) is 17.4 Å². The van der Waals surface area contributed by atoms with Gasteiger partial charge in [0.05, 0.1) is 17.6 Å². The number of aromatic nitrogens is 4. The van der Waals surface area contributed by atoms with Gasteiger partial charge in [-0.15, -0.1) is 0 Å². The Morgan fingerprint density at radius 1 is 1.15 bits per heavy atom. The van der Waals surface area contributed by atoms with Crippen molar-refractivity contribution in [2.75, 3.05) is 18.4 Å². The summed E-state index contributed by atoms with van der Waals surface area (Å²) in [5.74, 6) is 1.57. The van der Waals surface area contributed by atoms with Gasteiger partial charge in [0.1, 0.15) is 11.5 Å². The van der Waals surface area contributed by atoms with E-state index in [-0.39, 0.29) is 0 Å². The van der Waals surface area contributed by atoms with Crippen LogP contribution in [-0.4, -0.2) is 38.7 Å². The fourth-order valence-electron chi connectivity index (χ4n) is 4.19. The van der Waals surface area contributed by atoms with Crippen LogP contribution >= 0.6 is 0 Å². The highest BCUT2D eigenvalue weighted by Crippen LogP contribution is 2.51. The van der Waals surface area contributed by atoms with Crippen LogP contribution in [0, 0.1) is 5.41 Å². The lowest BCUT2D eigenvalue weighted by atomic mass is 10.0. The Morgan fingerprint density at radius 2 is 2.08 bits per heavy atom. The smallest absolute Gasteiger partial charge is 0.154 e. The molecule has 1 spiro atoms. The fraction of sp³-hybridized carbons (Fsp3) is 0.450. The zero-order valence-electron chi connectivity index (χ0n) is 14.7. The molecule has 2 N–H and O–H groups in total. The molecule has 2 aliphatic carbocycles. The summed E-state index contributed by atoms with van der Waals surface area (Å²) < 4.78 is 1.94. The molecule has 6 heteroatoms. The van der Waals surface area contributed by atoms with Crippen LogP contribution in [0.25, 0.3) is 17.0 Å². The number of rotatable bonds is 4. The quantitative estimate of drug-likeness (QED) is 0.760. The van der Waals surface area contributed by atoms with Crippen molar-refractivity contribution in [1.29, 1.82) is 0 Å². The summed E-state index contributed by atoms with van der Waals surface area (Å²) in [5.41, 5.74) is 4.37. The minimum Gasteiger partial charge on any atom is -0.365 e. The predicted octanol–water partition coefficient (Wildman–Crippen LogP) is 2.83. The topological polar surface area (TPSA) is 67.1 Å². The molecule has 1 saturated heterocycles. The Kier molecular flexibility index (Phi) is 2.97. The summed E-state index contributed by atoms with van der Waals surface area (Å²) in [7, 11) is 0. The largest absolute Gasteiger partial charge is 0.365 e. The van der Waals surface area contributed by atoms with Gasteiger partial charge in [0.25, 0.3) is 0 Å². The third-order valence-corrected chi connectivity index (χ3v) is 6.17. The third-order valence-electron chi connectivity index (χ3n) is 6.17. The van der Waals surface area contributed by atoms with Crippen molar-refractivity contribution < 1.29 is 0 Å². The molecule has 132 valence electrons. The zero-order chi connectivity index (χ0) is 17.1. The maximum Gasteiger partial charge on any atom is 0.154 e. The van der Waals surface area contributed by atoms with Gasteiger partial charge in [-0.25, -0.2) is 14.5 Å². The Morgan fingerprint density at radius 3 is 2.92 bits per heavy atom. The normalized spacial score (nSPS) is 23.6. The molecule has 3 fully saturated rings. The average Bonchev–Trinajstić information content (AvgIpc) is 3.57. The van der Waals surface area contributed by atoms with Crippen molar-refractivity contribution in [2.24, 2.45) is 5.41 Å². The summed E-state index contributed by atoms with van der Waals surface area (Å²) in [4.78, 5) is 9.38. The molecule has 3 aromatic rings. The van der Waals surface area contributed by atoms with Crippen molar-refractivity contribution in [1.82, 2.24) is 24.9 Å². The van der Waals surface area contributed by atoms with Gasteiger partial charge in [0.2, 0.25) is 0 Å². The zero-order valence-corrected chi connectivity index (χ0v) is 14.7. The standard InChI is InChI=1S/C20H22N6/c1-2-15(23-18(3-1)24-17-11-21-12-20(17)8-9-20)16-10-22-19-7-6-14(13-4-5-13)25-26(16)19/h1-3,6-7,10,13,17,21H,4-5,8-9,11-12H2,(H,23,24). The Bertz CT molecular complexity index is 985. The van der Waals surface area contributed by atoms with Gasteiger partial charge in [-0.3, -0.25) is 0 Å². The van der Waals surface area contributed by atoms with Crippen LogP contribution in [0.4, 0.5) is 5.82 Å². The van der Waals surface area contributed by atoms with Crippen LogP contribution in [0.3, 0.4) is 0 Å². The summed E-state index contributed by atoms with van der Waals surface area (Å²) in [6.45, 7) is 2.15. The van der Waals surface area contributed by atoms with Crippen LogP contribution in [-0.2, 0) is 0 Å². The molecule has 1 unspecified atom stereocenters. The molecule has 0 radical (unpaired) electrons. The van der Waals surface area contributed by atoms with Crippen molar-refractivity contribution in [3.05, 3.63) is 42.2 Å². The van der Waals surface area contributed by atoms with E-state index in [0.717, 1.165) is 35.9 Å². The maximum atomic E-state index is 4.87. The number of nitrogens with zero attached hydrogens (tertiary/aromatic N) is 4. The first kappa shape index (κ1) is 14.7. The van der Waals surface area contributed by atoms with Gasteiger partial charge in [-0.05, 0) is 49.9 Å². The molecular formula is C20H22N6. The third kappa shape index (κ3) is 2.32. The molecule has 6 nitrogen and oxygen atoms in total. The molecule has 3 aliphatic rings. The molecule has 0 amide bonds. The first-order valence-electron chi connectivity index (χ1n) is 9.60. The van der Waals surface area contributed by atoms with Gasteiger partial charge in [0, 0.05) is 30.5 Å². The van der Waals surface area contributed by atoms with Crippen LogP contribution in [0.15, 0.2) is 36.5 Å². The highest BCUT2D eigenvalue weighted by atomic mass is 15.3. The van der Waals surface area contributed by atoms with Crippen molar-refractivity contribution >= 4 is 11.5 Å². The average molecular weight is 346 g/mol. The highest BCUT2D eigenvalue weighted by molar-refractivity contribution is 5.61. The second-order valence-corrected chi connectivity index (χ2v) is 8.04. The monoisotopic (exact) mass is 346 g/mol. The number of hydrogen-bond donors (Lipinski definition) is 2. The van der Waals surface area contributed by atoms with E-state index >= 15 is 0 Å². The van der Waals surface area contributed by atoms with Crippen LogP contribution < -0.4 is 10.6 Å². The molecule has 1 aliphatic heterocycles. The molecule has 26 heavy (non-hydrogen) atoms. The SMILES string of the molecule is c1cc(NC2CNCC23CC3)nc(-c2cnc3ccc(C4CC4)nn23)c1. The van der Waals surface area contributed by atoms with E-state index in [4.69, 9.17) is 10.1 Å². The van der Waals surface area contributed by atoms with E-state index in [2.05, 4.69) is 39.9 Å². The summed E-state index contributed by atoms with van der Waals surface area (Å²) in [5, 5.41) is 12.0. The summed E-state index contributed by atoms with van der Waals surface area (Å²) >= 11 is 0. The van der Waals surface area contributed by atoms with Gasteiger partial charge < -0.3 is 10.6 Å². The number of hydrogen-bond acceptors (Lipinski definition) is 5. The molecule has 4 heterocycles. The lowest BCUT2D eigenvalue weighted by molar-refractivity contribution is 0.523. The van der Waals surface area contributed by atoms with E-state index < -0.39 is 0 Å². The van der Waals surface area contributed by atoms with Crippen molar-refractivity contribution in [3.8, 4) is 11.4 Å². The second kappa shape index (κ2) is 5.27. The fourth-order valence-corrected chi connectivity index (χ4v) is 4.19. The van der Waals surface area contributed by atoms with Gasteiger partial charge in [-0.2, -0.15) is 5.10 Å². The minimum absolute atomic E-state index is 0.460. The van der Waals surface area contributed by atoms with E-state index in [1.165, 1.54) is 31.4 Å². The molecule has 2 saturated carbocycles. The van der Waals surface area contributed by atoms with E-state index in [1.807, 2.05) is 16.8 Å². The van der Waals surface area contributed by atoms with Crippen molar-refractivity contribution in [3.63, 3.8) is 0 Å². The lowest BCUT2D eigenvalue weighted by Crippen LogP contribution is -2.29. The molecule has 6 rings (SSSR count). The van der Waals surface area contributed by atoms with Crippen LogP contribution in [0.2, 0.25) is 0 Å². The van der Waals surface area contributed by atoms with Crippen LogP contribution in [0.1, 0.15) is 37.3 Å². The van der Waals surface area contributed by atoms with Gasteiger partial charge in [-0.1, -0.05) is 6.07 Å². The molecule has 0 bridgehead atoms. The predicted molar refractivity (Wildman–Crippen MR) is 100 cm³/mol. The van der Waals surface area contributed by atoms with Gasteiger partial charge >= 0.3 is 0 Å². The molecule has 1 atom stereocenters. The molecule has 0 aromatic carbocycles. The van der Waals surface area contributed by atoms with Crippen molar-refractivity contribution in [2.45, 2.75) is 37.6 Å². The van der Waals surface area contributed by atoms with Crippen LogP contribution in [0.5, 0.6) is 0 Å². The number of fused-ring (bicyclic) bond motifs is 1.